The summed E-state index contributed by atoms with van der Waals surface area (Å²) in [6.07, 6.45) is 3.95. The minimum atomic E-state index is -0.402. The van der Waals surface area contributed by atoms with Crippen molar-refractivity contribution in [1.29, 1.82) is 0 Å². The second kappa shape index (κ2) is 8.26. The molecule has 6 nitrogen and oxygen atoms in total. The lowest BCUT2D eigenvalue weighted by Crippen LogP contribution is -2.42. The fourth-order valence-corrected chi connectivity index (χ4v) is 4.85. The van der Waals surface area contributed by atoms with E-state index in [2.05, 4.69) is 24.2 Å². The van der Waals surface area contributed by atoms with Crippen molar-refractivity contribution < 1.29 is 14.3 Å². The van der Waals surface area contributed by atoms with E-state index in [-0.39, 0.29) is 11.9 Å². The number of benzene rings is 2. The molecule has 1 aliphatic heterocycles. The quantitative estimate of drug-likeness (QED) is 0.444. The summed E-state index contributed by atoms with van der Waals surface area (Å²) < 4.78 is 7.07. The van der Waals surface area contributed by atoms with Crippen LogP contribution in [0.3, 0.4) is 0 Å². The molecule has 0 saturated carbocycles. The van der Waals surface area contributed by atoms with Crippen molar-refractivity contribution >= 4 is 11.9 Å². The van der Waals surface area contributed by atoms with E-state index >= 15 is 0 Å². The molecule has 0 unspecified atom stereocenters. The summed E-state index contributed by atoms with van der Waals surface area (Å²) in [7, 11) is 0. The van der Waals surface area contributed by atoms with Gasteiger partial charge in [-0.25, -0.2) is 9.48 Å². The van der Waals surface area contributed by atoms with Gasteiger partial charge in [-0.3, -0.25) is 4.79 Å². The fraction of sp³-hybridized carbons (Fsp3) is 0.346. The molecule has 1 fully saturated rings. The number of rotatable bonds is 4. The van der Waals surface area contributed by atoms with Gasteiger partial charge < -0.3 is 9.64 Å². The van der Waals surface area contributed by atoms with Crippen molar-refractivity contribution in [1.82, 2.24) is 14.7 Å². The molecule has 0 spiro atoms. The first-order valence-corrected chi connectivity index (χ1v) is 11.4. The molecule has 1 saturated heterocycles. The Hall–Kier alpha value is -3.41. The van der Waals surface area contributed by atoms with Crippen molar-refractivity contribution in [3.05, 3.63) is 70.9 Å². The summed E-state index contributed by atoms with van der Waals surface area (Å²) in [6.45, 7) is 5.03. The van der Waals surface area contributed by atoms with Crippen molar-refractivity contribution in [3.8, 4) is 16.9 Å². The Bertz CT molecular complexity index is 1180. The van der Waals surface area contributed by atoms with Crippen LogP contribution in [0.15, 0.2) is 48.5 Å². The van der Waals surface area contributed by atoms with Gasteiger partial charge in [-0.1, -0.05) is 24.3 Å². The standard InChI is InChI=1S/C26H27N3O3/c1-3-32-26(31)23-22-16-19-9-4-5-10-21(19)24(22)29(27-23)20-13-11-18(12-14-20)25(30)28-15-7-6-8-17(28)2/h4-5,9-14,17H,3,6-8,15-16H2,1-2H3/t17-/m0/s1. The summed E-state index contributed by atoms with van der Waals surface area (Å²) >= 11 is 0. The third kappa shape index (κ3) is 3.40. The average Bonchev–Trinajstić information content (AvgIpc) is 3.37. The lowest BCUT2D eigenvalue weighted by molar-refractivity contribution is 0.0517. The van der Waals surface area contributed by atoms with E-state index in [1.165, 1.54) is 12.0 Å². The lowest BCUT2D eigenvalue weighted by atomic mass is 10.0. The van der Waals surface area contributed by atoms with Crippen molar-refractivity contribution in [2.75, 3.05) is 13.2 Å². The number of likely N-dealkylation sites (tertiary alicyclic amines) is 1. The number of nitrogens with zero attached hydrogens (tertiary/aromatic N) is 3. The van der Waals surface area contributed by atoms with E-state index in [4.69, 9.17) is 4.74 Å². The molecule has 5 rings (SSSR count). The second-order valence-corrected chi connectivity index (χ2v) is 8.53. The van der Waals surface area contributed by atoms with Gasteiger partial charge in [0.05, 0.1) is 18.0 Å². The Kier molecular flexibility index (Phi) is 5.29. The first kappa shape index (κ1) is 20.5. The number of aromatic nitrogens is 2. The third-order valence-corrected chi connectivity index (χ3v) is 6.51. The first-order chi connectivity index (χ1) is 15.6. The molecule has 0 N–H and O–H groups in total. The zero-order chi connectivity index (χ0) is 22.2. The van der Waals surface area contributed by atoms with E-state index in [1.807, 2.05) is 46.0 Å². The van der Waals surface area contributed by atoms with Crippen LogP contribution in [0.4, 0.5) is 0 Å². The Labute approximate surface area is 187 Å². The van der Waals surface area contributed by atoms with Gasteiger partial charge in [-0.2, -0.15) is 5.10 Å². The van der Waals surface area contributed by atoms with Crippen LogP contribution >= 0.6 is 0 Å². The lowest BCUT2D eigenvalue weighted by Gasteiger charge is -2.33. The number of esters is 1. The summed E-state index contributed by atoms with van der Waals surface area (Å²) in [5.74, 6) is -0.326. The summed E-state index contributed by atoms with van der Waals surface area (Å²) in [5.41, 5.74) is 5.92. The SMILES string of the molecule is CCOC(=O)c1nn(-c2ccc(C(=O)N3CCCC[C@@H]3C)cc2)c2c1Cc1ccccc1-2. The molecule has 2 heterocycles. The molecule has 32 heavy (non-hydrogen) atoms. The van der Waals surface area contributed by atoms with Gasteiger partial charge in [0.2, 0.25) is 0 Å². The average molecular weight is 430 g/mol. The number of fused-ring (bicyclic) bond motifs is 3. The molecule has 1 amide bonds. The van der Waals surface area contributed by atoms with E-state index < -0.39 is 5.97 Å². The maximum atomic E-state index is 13.0. The second-order valence-electron chi connectivity index (χ2n) is 8.53. The highest BCUT2D eigenvalue weighted by atomic mass is 16.5. The fourth-order valence-electron chi connectivity index (χ4n) is 4.85. The molecule has 1 aromatic heterocycles. The van der Waals surface area contributed by atoms with Crippen molar-refractivity contribution in [3.63, 3.8) is 0 Å². The summed E-state index contributed by atoms with van der Waals surface area (Å²) in [4.78, 5) is 27.6. The van der Waals surface area contributed by atoms with Gasteiger partial charge in [-0.05, 0) is 62.9 Å². The minimum absolute atomic E-state index is 0.0759. The zero-order valence-electron chi connectivity index (χ0n) is 18.5. The number of hydrogen-bond acceptors (Lipinski definition) is 4. The Morgan fingerprint density at radius 3 is 2.62 bits per heavy atom. The molecule has 2 aromatic carbocycles. The highest BCUT2D eigenvalue weighted by Crippen LogP contribution is 2.40. The van der Waals surface area contributed by atoms with Crippen LogP contribution in [0, 0.1) is 0 Å². The predicted molar refractivity (Wildman–Crippen MR) is 122 cm³/mol. The van der Waals surface area contributed by atoms with E-state index in [9.17, 15) is 9.59 Å². The highest BCUT2D eigenvalue weighted by Gasteiger charge is 2.31. The third-order valence-electron chi connectivity index (χ3n) is 6.51. The maximum absolute atomic E-state index is 13.0. The van der Waals surface area contributed by atoms with Crippen LogP contribution in [0.5, 0.6) is 0 Å². The molecular weight excluding hydrogens is 402 g/mol. The topological polar surface area (TPSA) is 64.4 Å². The van der Waals surface area contributed by atoms with Gasteiger partial charge in [-0.15, -0.1) is 0 Å². The predicted octanol–water partition coefficient (Wildman–Crippen LogP) is 4.63. The van der Waals surface area contributed by atoms with Crippen molar-refractivity contribution in [2.45, 2.75) is 45.6 Å². The van der Waals surface area contributed by atoms with Crippen LogP contribution in [0.1, 0.15) is 65.1 Å². The monoisotopic (exact) mass is 429 g/mol. The van der Waals surface area contributed by atoms with Crippen molar-refractivity contribution in [2.24, 2.45) is 0 Å². The van der Waals surface area contributed by atoms with E-state index in [0.717, 1.165) is 41.9 Å². The molecule has 3 aromatic rings. The minimum Gasteiger partial charge on any atom is -0.461 e. The van der Waals surface area contributed by atoms with Gasteiger partial charge in [0, 0.05) is 35.7 Å². The van der Waals surface area contributed by atoms with Crippen LogP contribution < -0.4 is 0 Å². The largest absolute Gasteiger partial charge is 0.461 e. The number of carbonyl (C=O) groups excluding carboxylic acids is 2. The maximum Gasteiger partial charge on any atom is 0.359 e. The van der Waals surface area contributed by atoms with Gasteiger partial charge >= 0.3 is 5.97 Å². The number of hydrogen-bond donors (Lipinski definition) is 0. The molecule has 164 valence electrons. The van der Waals surface area contributed by atoms with E-state index in [1.54, 1.807) is 6.92 Å². The highest BCUT2D eigenvalue weighted by molar-refractivity contribution is 5.95. The number of carbonyl (C=O) groups is 2. The number of ether oxygens (including phenoxy) is 1. The normalized spacial score (nSPS) is 17.1. The number of amides is 1. The molecule has 6 heteroatoms. The Morgan fingerprint density at radius 2 is 1.88 bits per heavy atom. The first-order valence-electron chi connectivity index (χ1n) is 11.4. The van der Waals surface area contributed by atoms with Gasteiger partial charge in [0.1, 0.15) is 0 Å². The zero-order valence-corrected chi connectivity index (χ0v) is 18.5. The summed E-state index contributed by atoms with van der Waals surface area (Å²) in [5, 5.41) is 4.64. The molecule has 0 radical (unpaired) electrons. The van der Waals surface area contributed by atoms with Crippen LogP contribution in [-0.4, -0.2) is 45.8 Å². The van der Waals surface area contributed by atoms with Crippen LogP contribution in [-0.2, 0) is 11.2 Å². The Balaban J connectivity index is 1.52. The van der Waals surface area contributed by atoms with E-state index in [0.29, 0.717) is 24.3 Å². The molecule has 1 aliphatic carbocycles. The summed E-state index contributed by atoms with van der Waals surface area (Å²) in [6, 6.07) is 16.0. The Morgan fingerprint density at radius 1 is 1.09 bits per heavy atom. The molecule has 2 aliphatic rings. The molecule has 1 atom stereocenters. The smallest absolute Gasteiger partial charge is 0.359 e. The van der Waals surface area contributed by atoms with Crippen LogP contribution in [0.25, 0.3) is 16.9 Å². The van der Waals surface area contributed by atoms with Crippen LogP contribution in [0.2, 0.25) is 0 Å². The molecule has 0 bridgehead atoms. The van der Waals surface area contributed by atoms with Gasteiger partial charge in [0.15, 0.2) is 5.69 Å². The molecular formula is C26H27N3O3. The van der Waals surface area contributed by atoms with Gasteiger partial charge in [0.25, 0.3) is 5.91 Å². The number of piperidine rings is 1.